The third-order valence-corrected chi connectivity index (χ3v) is 9.28. The minimum Gasteiger partial charge on any atom is -0.394 e. The molecule has 16 N–H and O–H groups in total. The van der Waals surface area contributed by atoms with Crippen LogP contribution in [0.25, 0.3) is 0 Å². The molecule has 24 nitrogen and oxygen atoms in total. The fraction of sp³-hybridized carbons (Fsp3) is 0.964. The van der Waals surface area contributed by atoms with Crippen molar-refractivity contribution in [3.63, 3.8) is 0 Å². The van der Waals surface area contributed by atoms with Gasteiger partial charge in [-0.25, -0.2) is 0 Å². The van der Waals surface area contributed by atoms with E-state index < -0.39 is 167 Å². The summed E-state index contributed by atoms with van der Waals surface area (Å²) in [4.78, 5) is 12.3. The van der Waals surface area contributed by atoms with Gasteiger partial charge >= 0.3 is 0 Å². The Morgan fingerprint density at radius 3 is 1.75 bits per heavy atom. The van der Waals surface area contributed by atoms with Crippen molar-refractivity contribution < 1.29 is 115 Å². The second kappa shape index (κ2) is 18.5. The number of rotatable bonds is 13. The second-order valence-electron chi connectivity index (χ2n) is 12.9. The van der Waals surface area contributed by atoms with Crippen LogP contribution in [-0.4, -0.2) is 244 Å². The molecule has 52 heavy (non-hydrogen) atoms. The quantitative estimate of drug-likeness (QED) is 0.0827. The average Bonchev–Trinajstić information content (AvgIpc) is 3.12. The Morgan fingerprint density at radius 1 is 0.596 bits per heavy atom. The van der Waals surface area contributed by atoms with E-state index in [2.05, 4.69) is 5.32 Å². The smallest absolute Gasteiger partial charge is 0.217 e. The van der Waals surface area contributed by atoms with Crippen LogP contribution in [0.3, 0.4) is 0 Å². The van der Waals surface area contributed by atoms with E-state index in [-0.39, 0.29) is 0 Å². The molecule has 1 amide bonds. The predicted molar refractivity (Wildman–Crippen MR) is 157 cm³/mol. The van der Waals surface area contributed by atoms with Gasteiger partial charge in [-0.05, 0) is 0 Å². The monoisotopic (exact) mass is 767 g/mol. The van der Waals surface area contributed by atoms with Crippen molar-refractivity contribution in [3.8, 4) is 0 Å². The summed E-state index contributed by atoms with van der Waals surface area (Å²) in [6.45, 7) is -2.85. The van der Waals surface area contributed by atoms with E-state index in [1.165, 1.54) is 0 Å². The molecule has 0 bridgehead atoms. The van der Waals surface area contributed by atoms with Gasteiger partial charge in [0.25, 0.3) is 0 Å². The van der Waals surface area contributed by atoms with Crippen molar-refractivity contribution in [2.24, 2.45) is 0 Å². The van der Waals surface area contributed by atoms with Gasteiger partial charge in [-0.15, -0.1) is 0 Å². The van der Waals surface area contributed by atoms with Crippen molar-refractivity contribution in [3.05, 3.63) is 0 Å². The first-order valence-electron chi connectivity index (χ1n) is 16.3. The topological polar surface area (TPSA) is 397 Å². The zero-order valence-electron chi connectivity index (χ0n) is 27.5. The van der Waals surface area contributed by atoms with Crippen molar-refractivity contribution in [1.82, 2.24) is 5.32 Å². The van der Waals surface area contributed by atoms with Gasteiger partial charge < -0.3 is 115 Å². The van der Waals surface area contributed by atoms with Gasteiger partial charge in [0.1, 0.15) is 110 Å². The molecule has 304 valence electrons. The van der Waals surface area contributed by atoms with Crippen LogP contribution in [0.2, 0.25) is 0 Å². The highest BCUT2D eigenvalue weighted by molar-refractivity contribution is 5.73. The van der Waals surface area contributed by atoms with Crippen LogP contribution in [0.5, 0.6) is 0 Å². The maximum absolute atomic E-state index is 12.3. The Balaban J connectivity index is 1.63. The lowest BCUT2D eigenvalue weighted by Gasteiger charge is -2.50. The number of aliphatic hydroxyl groups is 15. The van der Waals surface area contributed by atoms with E-state index in [0.717, 1.165) is 6.92 Å². The molecule has 0 aliphatic carbocycles. The molecule has 24 heteroatoms. The Morgan fingerprint density at radius 2 is 1.17 bits per heavy atom. The minimum absolute atomic E-state index is 0.808. The second-order valence-corrected chi connectivity index (χ2v) is 12.9. The van der Waals surface area contributed by atoms with Gasteiger partial charge in [0.15, 0.2) is 25.2 Å². The number of hydrogen-bond donors (Lipinski definition) is 16. The number of ether oxygens (including phenoxy) is 7. The number of hydrogen-bond acceptors (Lipinski definition) is 23. The summed E-state index contributed by atoms with van der Waals surface area (Å²) in [6, 6.07) is -1.70. The third kappa shape index (κ3) is 9.00. The van der Waals surface area contributed by atoms with Gasteiger partial charge in [-0.1, -0.05) is 0 Å². The fourth-order valence-corrected chi connectivity index (χ4v) is 6.36. The first-order valence-corrected chi connectivity index (χ1v) is 16.3. The molecule has 4 aliphatic rings. The minimum atomic E-state index is -2.14. The number of carbonyl (C=O) groups excluding carboxylic acids is 1. The molecule has 0 radical (unpaired) electrons. The summed E-state index contributed by atoms with van der Waals surface area (Å²) in [5.41, 5.74) is 0. The lowest BCUT2D eigenvalue weighted by atomic mass is 9.93. The number of aliphatic hydroxyl groups excluding tert-OH is 15. The molecule has 0 aromatic rings. The predicted octanol–water partition coefficient (Wildman–Crippen LogP) is -10.9. The SMILES string of the molecule is CC(=O)N[C@H]1[C@H](O[C@@H]2[C@@H](O[C@@H](CO)[C@H]3O[C@H](O)[C@@H](O)[C@@H](O)[C@@H]3O)O[C@H]([C@H](O)CO)[C@@H](O)[C@@H]2O)O[C@H](CO)[C@@H](O[C@@H]2O[C@H](CO)[C@H](O)[C@H](O)[C@H]2O)[C@@H]1O. The van der Waals surface area contributed by atoms with Gasteiger partial charge in [-0.2, -0.15) is 0 Å². The van der Waals surface area contributed by atoms with E-state index in [4.69, 9.17) is 33.2 Å². The molecule has 4 rings (SSSR count). The lowest BCUT2D eigenvalue weighted by Crippen LogP contribution is -2.70. The summed E-state index contributed by atoms with van der Waals surface area (Å²) in [7, 11) is 0. The average molecular weight is 768 g/mol. The summed E-state index contributed by atoms with van der Waals surface area (Å²) in [5.74, 6) is -0.808. The zero-order chi connectivity index (χ0) is 38.8. The van der Waals surface area contributed by atoms with Gasteiger partial charge in [0.05, 0.1) is 26.4 Å². The fourth-order valence-electron chi connectivity index (χ4n) is 6.36. The van der Waals surface area contributed by atoms with E-state index >= 15 is 0 Å². The van der Waals surface area contributed by atoms with Crippen molar-refractivity contribution in [2.45, 2.75) is 142 Å². The molecule has 4 fully saturated rings. The zero-order valence-corrected chi connectivity index (χ0v) is 27.5. The standard InChI is InChI=1S/C28H49NO23/c1-6(34)29-11-13(37)22(51-27-20(44)14(38)12(36)8(3-31)46-27)9(4-32)47-26(11)52-24-18(42)17(41)21(7(35)2-30)50-28(24)48-10(5-33)23-16(40)15(39)19(43)25(45)49-23/h7-28,30-33,35-45H,2-5H2,1H3,(H,29,34)/t7-,8-,9-,10+,11-,12+,13-,14+,15+,16+,17+,18+,19+,20-,21-,22-,23-,24+,25+,26+,27+,28+/m1/s1. The number of amides is 1. The summed E-state index contributed by atoms with van der Waals surface area (Å²) >= 11 is 0. The Bertz CT molecular complexity index is 1130. The Labute approximate surface area is 294 Å². The van der Waals surface area contributed by atoms with E-state index in [1.54, 1.807) is 0 Å². The highest BCUT2D eigenvalue weighted by atomic mass is 16.8. The Kier molecular flexibility index (Phi) is 15.4. The molecule has 4 heterocycles. The largest absolute Gasteiger partial charge is 0.394 e. The normalized spacial score (nSPS) is 48.5. The molecular formula is C28H49NO23. The van der Waals surface area contributed by atoms with Gasteiger partial charge in [-0.3, -0.25) is 4.79 Å². The molecule has 0 saturated carbocycles. The molecule has 4 saturated heterocycles. The third-order valence-electron chi connectivity index (χ3n) is 9.28. The summed E-state index contributed by atoms with van der Waals surface area (Å²) in [6.07, 6.45) is -39.7. The molecule has 0 aromatic carbocycles. The highest BCUT2D eigenvalue weighted by Gasteiger charge is 2.56. The van der Waals surface area contributed by atoms with Crippen LogP contribution in [0.4, 0.5) is 0 Å². The van der Waals surface area contributed by atoms with Crippen LogP contribution in [-0.2, 0) is 38.0 Å². The van der Waals surface area contributed by atoms with Crippen molar-refractivity contribution >= 4 is 5.91 Å². The first-order chi connectivity index (χ1) is 24.5. The van der Waals surface area contributed by atoms with Gasteiger partial charge in [0.2, 0.25) is 5.91 Å². The van der Waals surface area contributed by atoms with Crippen LogP contribution < -0.4 is 5.32 Å². The number of carbonyl (C=O) groups is 1. The summed E-state index contributed by atoms with van der Waals surface area (Å²) < 4.78 is 39.0. The summed E-state index contributed by atoms with van der Waals surface area (Å²) in [5, 5.41) is 157. The van der Waals surface area contributed by atoms with Crippen LogP contribution in [0, 0.1) is 0 Å². The molecule has 0 aromatic heterocycles. The maximum Gasteiger partial charge on any atom is 0.217 e. The van der Waals surface area contributed by atoms with Gasteiger partial charge in [0, 0.05) is 6.92 Å². The van der Waals surface area contributed by atoms with Crippen LogP contribution in [0.1, 0.15) is 6.92 Å². The molecular weight excluding hydrogens is 718 g/mol. The molecule has 4 aliphatic heterocycles. The maximum atomic E-state index is 12.3. The van der Waals surface area contributed by atoms with Crippen molar-refractivity contribution in [1.29, 1.82) is 0 Å². The van der Waals surface area contributed by atoms with Crippen LogP contribution in [0.15, 0.2) is 0 Å². The van der Waals surface area contributed by atoms with Crippen molar-refractivity contribution in [2.75, 3.05) is 26.4 Å². The van der Waals surface area contributed by atoms with E-state index in [0.29, 0.717) is 0 Å². The lowest BCUT2D eigenvalue weighted by molar-refractivity contribution is -0.385. The molecule has 0 spiro atoms. The number of nitrogens with one attached hydrogen (secondary N) is 1. The highest BCUT2D eigenvalue weighted by Crippen LogP contribution is 2.35. The van der Waals surface area contributed by atoms with E-state index in [1.807, 2.05) is 0 Å². The van der Waals surface area contributed by atoms with Crippen LogP contribution >= 0.6 is 0 Å². The van der Waals surface area contributed by atoms with E-state index in [9.17, 15) is 81.4 Å². The Hall–Kier alpha value is -1.41. The first kappa shape index (κ1) is 43.3. The molecule has 0 unspecified atom stereocenters. The molecule has 22 atom stereocenters.